The van der Waals surface area contributed by atoms with E-state index in [1.54, 1.807) is 0 Å². The van der Waals surface area contributed by atoms with Crippen molar-refractivity contribution in [2.24, 2.45) is 0 Å². The quantitative estimate of drug-likeness (QED) is 0.183. The fourth-order valence-corrected chi connectivity index (χ4v) is 0. The molecule has 0 amide bonds. The molecule has 9 N–H and O–H groups in total. The zero-order valence-electron chi connectivity index (χ0n) is 7.76. The van der Waals surface area contributed by atoms with Crippen molar-refractivity contribution in [2.45, 2.75) is 0 Å². The topological polar surface area (TPSA) is 182 Å². The summed E-state index contributed by atoms with van der Waals surface area (Å²) < 4.78 is 0. The summed E-state index contributed by atoms with van der Waals surface area (Å²) in [5.74, 6) is 0. The van der Waals surface area contributed by atoms with Gasteiger partial charge in [-0.15, -0.1) is 0 Å². The van der Waals surface area contributed by atoms with Crippen LogP contribution in [0.3, 0.4) is 0 Å². The van der Waals surface area contributed by atoms with Crippen molar-refractivity contribution in [3.05, 3.63) is 0 Å². The van der Waals surface area contributed by atoms with E-state index in [0.29, 0.717) is 0 Å². The van der Waals surface area contributed by atoms with E-state index < -0.39 is 22.0 Å². The SMILES string of the molecule is OB(O)O.OB(O)O.OB(O)O.[Na].[Na]. The molecular weight excluding hydrogens is 222 g/mol. The molecule has 74 valence electrons. The number of rotatable bonds is 0. The summed E-state index contributed by atoms with van der Waals surface area (Å²) in [7, 11) is -6.50. The zero-order valence-corrected chi connectivity index (χ0v) is 11.8. The fraction of sp³-hybridized carbons (Fsp3) is 0. The Labute approximate surface area is 125 Å². The van der Waals surface area contributed by atoms with Crippen molar-refractivity contribution in [3.63, 3.8) is 0 Å². The molecule has 0 saturated carbocycles. The van der Waals surface area contributed by atoms with E-state index in [1.165, 1.54) is 0 Å². The standard InChI is InChI=1S/3BH3O3.2Na/c3*2-1(3)4;;/h3*2-4H;;. The van der Waals surface area contributed by atoms with Crippen LogP contribution in [0, 0.1) is 0 Å². The predicted octanol–water partition coefficient (Wildman–Crippen LogP) is -6.92. The molecule has 0 aromatic heterocycles. The van der Waals surface area contributed by atoms with Gasteiger partial charge >= 0.3 is 22.0 Å². The van der Waals surface area contributed by atoms with Crippen molar-refractivity contribution in [3.8, 4) is 0 Å². The molecule has 0 aliphatic rings. The molecule has 0 fully saturated rings. The van der Waals surface area contributed by atoms with Crippen LogP contribution in [0.2, 0.25) is 0 Å². The maximum atomic E-state index is 7.17. The number of hydrogen-bond acceptors (Lipinski definition) is 9. The molecule has 0 aliphatic carbocycles. The van der Waals surface area contributed by atoms with Gasteiger partial charge in [-0.3, -0.25) is 0 Å². The molecular formula is H9B3Na2O9. The first-order valence-corrected chi connectivity index (χ1v) is 2.32. The van der Waals surface area contributed by atoms with Gasteiger partial charge in [-0.1, -0.05) is 0 Å². The van der Waals surface area contributed by atoms with E-state index in [4.69, 9.17) is 45.2 Å². The summed E-state index contributed by atoms with van der Waals surface area (Å²) >= 11 is 0. The zero-order chi connectivity index (χ0) is 10.7. The molecule has 0 unspecified atom stereocenters. The van der Waals surface area contributed by atoms with Gasteiger partial charge in [0, 0.05) is 59.1 Å². The van der Waals surface area contributed by atoms with Gasteiger partial charge in [0.15, 0.2) is 0 Å². The predicted molar refractivity (Wildman–Crippen MR) is 48.7 cm³/mol. The molecule has 14 heteroatoms. The smallest absolute Gasteiger partial charge is 0.402 e. The first-order chi connectivity index (χ1) is 5.20. The minimum atomic E-state index is -2.17. The Morgan fingerprint density at radius 2 is 0.357 bits per heavy atom. The average Bonchev–Trinajstić information content (AvgIpc) is 1.54. The van der Waals surface area contributed by atoms with Crippen LogP contribution in [-0.2, 0) is 0 Å². The Bertz CT molecular complexity index is 46.5. The Hall–Kier alpha value is 1.83. The van der Waals surface area contributed by atoms with Crippen LogP contribution in [0.5, 0.6) is 0 Å². The van der Waals surface area contributed by atoms with Gasteiger partial charge in [-0.05, 0) is 0 Å². The van der Waals surface area contributed by atoms with Crippen molar-refractivity contribution >= 4 is 81.1 Å². The Kier molecular flexibility index (Phi) is 51.3. The molecule has 0 aliphatic heterocycles. The molecule has 0 aromatic rings. The molecule has 0 aromatic carbocycles. The van der Waals surface area contributed by atoms with Gasteiger partial charge < -0.3 is 45.2 Å². The molecule has 14 heavy (non-hydrogen) atoms. The van der Waals surface area contributed by atoms with E-state index in [0.717, 1.165) is 0 Å². The van der Waals surface area contributed by atoms with Crippen molar-refractivity contribution < 1.29 is 45.2 Å². The van der Waals surface area contributed by atoms with Gasteiger partial charge in [-0.2, -0.15) is 0 Å². The molecule has 0 heterocycles. The minimum Gasteiger partial charge on any atom is -0.402 e. The van der Waals surface area contributed by atoms with Crippen molar-refractivity contribution in [1.29, 1.82) is 0 Å². The molecule has 0 rings (SSSR count). The Morgan fingerprint density at radius 1 is 0.357 bits per heavy atom. The average molecular weight is 231 g/mol. The molecule has 2 radical (unpaired) electrons. The van der Waals surface area contributed by atoms with Gasteiger partial charge in [0.05, 0.1) is 0 Å². The van der Waals surface area contributed by atoms with E-state index in [-0.39, 0.29) is 59.1 Å². The van der Waals surface area contributed by atoms with E-state index in [1.807, 2.05) is 0 Å². The second-order valence-electron chi connectivity index (χ2n) is 1.04. The first-order valence-electron chi connectivity index (χ1n) is 2.32. The largest absolute Gasteiger partial charge is 0.631 e. The van der Waals surface area contributed by atoms with Gasteiger partial charge in [0.1, 0.15) is 0 Å². The second kappa shape index (κ2) is 24.2. The Balaban J connectivity index is -0.0000000270. The van der Waals surface area contributed by atoms with Crippen molar-refractivity contribution in [2.75, 3.05) is 0 Å². The molecule has 0 bridgehead atoms. The van der Waals surface area contributed by atoms with Crippen LogP contribution in [0.1, 0.15) is 0 Å². The van der Waals surface area contributed by atoms with Gasteiger partial charge in [-0.25, -0.2) is 0 Å². The van der Waals surface area contributed by atoms with E-state index in [2.05, 4.69) is 0 Å². The second-order valence-corrected chi connectivity index (χ2v) is 1.04. The van der Waals surface area contributed by atoms with Crippen LogP contribution in [-0.4, -0.2) is 126 Å². The van der Waals surface area contributed by atoms with E-state index >= 15 is 0 Å². The van der Waals surface area contributed by atoms with Crippen LogP contribution < -0.4 is 0 Å². The van der Waals surface area contributed by atoms with Crippen LogP contribution in [0.4, 0.5) is 0 Å². The normalized spacial score (nSPS) is 5.79. The summed E-state index contributed by atoms with van der Waals surface area (Å²) in [5, 5.41) is 64.5. The third-order valence-electron chi connectivity index (χ3n) is 0. The maximum Gasteiger partial charge on any atom is 0.631 e. The maximum absolute atomic E-state index is 7.17. The molecule has 0 spiro atoms. The van der Waals surface area contributed by atoms with Crippen molar-refractivity contribution in [1.82, 2.24) is 0 Å². The third kappa shape index (κ3) is 677. The third-order valence-corrected chi connectivity index (χ3v) is 0. The molecule has 9 nitrogen and oxygen atoms in total. The van der Waals surface area contributed by atoms with Crippen LogP contribution in [0.25, 0.3) is 0 Å². The first kappa shape index (κ1) is 29.7. The summed E-state index contributed by atoms with van der Waals surface area (Å²) in [6, 6.07) is 0. The molecule has 0 atom stereocenters. The number of hydrogen-bond donors (Lipinski definition) is 9. The molecule has 0 saturated heterocycles. The monoisotopic (exact) mass is 232 g/mol. The summed E-state index contributed by atoms with van der Waals surface area (Å²) in [4.78, 5) is 0. The minimum absolute atomic E-state index is 0. The van der Waals surface area contributed by atoms with Gasteiger partial charge in [0.25, 0.3) is 0 Å². The van der Waals surface area contributed by atoms with Crippen LogP contribution in [0.15, 0.2) is 0 Å². The fourth-order valence-electron chi connectivity index (χ4n) is 0. The Morgan fingerprint density at radius 3 is 0.357 bits per heavy atom. The van der Waals surface area contributed by atoms with Crippen LogP contribution >= 0.6 is 0 Å². The summed E-state index contributed by atoms with van der Waals surface area (Å²) in [6.45, 7) is 0. The summed E-state index contributed by atoms with van der Waals surface area (Å²) in [6.07, 6.45) is 0. The van der Waals surface area contributed by atoms with Gasteiger partial charge in [0.2, 0.25) is 0 Å². The summed E-state index contributed by atoms with van der Waals surface area (Å²) in [5.41, 5.74) is 0. The van der Waals surface area contributed by atoms with E-state index in [9.17, 15) is 0 Å².